The lowest BCUT2D eigenvalue weighted by Gasteiger charge is -2.23. The van der Waals surface area contributed by atoms with Gasteiger partial charge in [-0.3, -0.25) is 0 Å². The summed E-state index contributed by atoms with van der Waals surface area (Å²) in [6.45, 7) is 4.13. The number of ether oxygens (including phenoxy) is 1. The second-order valence-corrected chi connectivity index (χ2v) is 8.77. The van der Waals surface area contributed by atoms with Gasteiger partial charge in [-0.2, -0.15) is 4.74 Å². The van der Waals surface area contributed by atoms with Crippen LogP contribution in [0.4, 0.5) is 0 Å². The van der Waals surface area contributed by atoms with E-state index in [4.69, 9.17) is 9.84 Å². The molecular formula is C26H25NO3. The molecule has 0 saturated carbocycles. The molecule has 1 N–H and O–H groups in total. The highest BCUT2D eigenvalue weighted by Crippen LogP contribution is 2.37. The Morgan fingerprint density at radius 1 is 1.00 bits per heavy atom. The first-order valence-corrected chi connectivity index (χ1v) is 10.4. The fraction of sp³-hybridized carbons (Fsp3) is 0.269. The molecule has 0 aromatic heterocycles. The highest BCUT2D eigenvalue weighted by molar-refractivity contribution is 6.24. The fourth-order valence-electron chi connectivity index (χ4n) is 4.78. The number of aliphatic hydroxyl groups is 1. The first kappa shape index (κ1) is 19.0. The number of nitrogens with zero attached hydrogens (tertiary/aromatic N) is 1. The monoisotopic (exact) mass is 399 g/mol. The van der Waals surface area contributed by atoms with Gasteiger partial charge in [0.1, 0.15) is 0 Å². The highest BCUT2D eigenvalue weighted by Gasteiger charge is 2.45. The van der Waals surface area contributed by atoms with Crippen molar-refractivity contribution in [3.8, 4) is 0 Å². The Morgan fingerprint density at radius 2 is 1.67 bits per heavy atom. The van der Waals surface area contributed by atoms with Crippen molar-refractivity contribution in [2.75, 3.05) is 13.2 Å². The van der Waals surface area contributed by atoms with Gasteiger partial charge in [0.2, 0.25) is 0 Å². The van der Waals surface area contributed by atoms with E-state index in [9.17, 15) is 5.21 Å². The zero-order valence-electron chi connectivity index (χ0n) is 17.3. The predicted octanol–water partition coefficient (Wildman–Crippen LogP) is 5.31. The van der Waals surface area contributed by atoms with E-state index in [2.05, 4.69) is 54.6 Å². The summed E-state index contributed by atoms with van der Waals surface area (Å²) in [5.74, 6) is 0. The van der Waals surface area contributed by atoms with Crippen LogP contribution in [0, 0.1) is 10.6 Å². The van der Waals surface area contributed by atoms with Gasteiger partial charge in [-0.15, -0.1) is 0 Å². The van der Waals surface area contributed by atoms with Crippen molar-refractivity contribution in [2.24, 2.45) is 5.41 Å². The number of hydrogen-bond acceptors (Lipinski definition) is 3. The maximum absolute atomic E-state index is 12.8. The van der Waals surface area contributed by atoms with Crippen LogP contribution in [0.5, 0.6) is 0 Å². The van der Waals surface area contributed by atoms with Crippen LogP contribution in [-0.4, -0.2) is 35.0 Å². The number of aliphatic hydroxyl groups excluding tert-OH is 1. The molecule has 1 aliphatic rings. The summed E-state index contributed by atoms with van der Waals surface area (Å²) in [5.41, 5.74) is 1.49. The maximum Gasteiger partial charge on any atom is 0.273 e. The van der Waals surface area contributed by atoms with Gasteiger partial charge >= 0.3 is 0 Å². The van der Waals surface area contributed by atoms with Crippen LogP contribution in [0.2, 0.25) is 0 Å². The molecule has 0 spiro atoms. The molecule has 4 heteroatoms. The molecule has 0 fully saturated rings. The molecule has 4 aromatic carbocycles. The molecule has 152 valence electrons. The minimum absolute atomic E-state index is 0.0890. The topological polar surface area (TPSA) is 55.5 Å². The van der Waals surface area contributed by atoms with E-state index in [1.807, 2.05) is 26.0 Å². The van der Waals surface area contributed by atoms with E-state index in [1.54, 1.807) is 0 Å². The highest BCUT2D eigenvalue weighted by atomic mass is 16.6. The van der Waals surface area contributed by atoms with Gasteiger partial charge in [0, 0.05) is 12.5 Å². The molecule has 1 unspecified atom stereocenters. The molecular weight excluding hydrogens is 374 g/mol. The molecule has 5 rings (SSSR count). The van der Waals surface area contributed by atoms with Gasteiger partial charge in [0.25, 0.3) is 6.23 Å². The molecule has 4 aromatic rings. The van der Waals surface area contributed by atoms with Gasteiger partial charge in [-0.25, -0.2) is 0 Å². The van der Waals surface area contributed by atoms with Crippen molar-refractivity contribution >= 4 is 44.1 Å². The number of benzene rings is 4. The molecule has 0 bridgehead atoms. The van der Waals surface area contributed by atoms with Crippen molar-refractivity contribution in [3.63, 3.8) is 0 Å². The lowest BCUT2D eigenvalue weighted by atomic mass is 9.88. The third kappa shape index (κ3) is 2.95. The Morgan fingerprint density at radius 3 is 2.40 bits per heavy atom. The van der Waals surface area contributed by atoms with Gasteiger partial charge in [0.05, 0.1) is 18.6 Å². The molecule has 0 radical (unpaired) electrons. The minimum Gasteiger partial charge on any atom is -0.622 e. The van der Waals surface area contributed by atoms with Crippen LogP contribution in [0.25, 0.3) is 38.4 Å². The van der Waals surface area contributed by atoms with Crippen LogP contribution >= 0.6 is 0 Å². The van der Waals surface area contributed by atoms with Gasteiger partial charge in [0.15, 0.2) is 5.71 Å². The third-order valence-electron chi connectivity index (χ3n) is 6.19. The average Bonchev–Trinajstić information content (AvgIpc) is 2.97. The van der Waals surface area contributed by atoms with E-state index < -0.39 is 6.23 Å². The summed E-state index contributed by atoms with van der Waals surface area (Å²) >= 11 is 0. The first-order chi connectivity index (χ1) is 14.5. The second kappa shape index (κ2) is 7.08. The number of rotatable bonds is 5. The van der Waals surface area contributed by atoms with Crippen molar-refractivity contribution in [3.05, 3.63) is 71.4 Å². The maximum atomic E-state index is 12.8. The Bertz CT molecular complexity index is 1290. The van der Waals surface area contributed by atoms with E-state index in [0.717, 1.165) is 10.3 Å². The van der Waals surface area contributed by atoms with Crippen LogP contribution in [0.1, 0.15) is 25.8 Å². The summed E-state index contributed by atoms with van der Waals surface area (Å²) in [4.78, 5) is 0. The van der Waals surface area contributed by atoms with Crippen LogP contribution < -0.4 is 0 Å². The van der Waals surface area contributed by atoms with Crippen molar-refractivity contribution < 1.29 is 14.6 Å². The smallest absolute Gasteiger partial charge is 0.273 e. The molecule has 4 nitrogen and oxygen atoms in total. The summed E-state index contributed by atoms with van der Waals surface area (Å²) in [7, 11) is 0. The van der Waals surface area contributed by atoms with Crippen LogP contribution in [0.3, 0.4) is 0 Å². The van der Waals surface area contributed by atoms with Gasteiger partial charge < -0.3 is 15.1 Å². The Balaban J connectivity index is 1.59. The summed E-state index contributed by atoms with van der Waals surface area (Å²) < 4.78 is 6.58. The molecule has 30 heavy (non-hydrogen) atoms. The normalized spacial score (nSPS) is 19.2. The third-order valence-corrected chi connectivity index (χ3v) is 6.19. The van der Waals surface area contributed by atoms with Crippen LogP contribution in [0.15, 0.2) is 60.7 Å². The number of hydroxylamine groups is 1. The van der Waals surface area contributed by atoms with E-state index >= 15 is 0 Å². The van der Waals surface area contributed by atoms with Crippen molar-refractivity contribution in [1.82, 2.24) is 0 Å². The second-order valence-electron chi connectivity index (χ2n) is 8.77. The largest absolute Gasteiger partial charge is 0.622 e. The van der Waals surface area contributed by atoms with Gasteiger partial charge in [-0.1, -0.05) is 68.4 Å². The summed E-state index contributed by atoms with van der Waals surface area (Å²) in [6.07, 6.45) is 4.01. The Kier molecular flexibility index (Phi) is 4.49. The van der Waals surface area contributed by atoms with E-state index in [1.165, 1.54) is 32.3 Å². The number of hydrogen-bond donors (Lipinski definition) is 1. The standard InChI is InChI=1S/C26H25NO3/c1-26(2)16-21(27(29)25(26)30-15-14-28)12-10-17-6-7-20-9-8-18-4-3-5-19-11-13-22(17)24(20)23(18)19/h3-13,25,28H,14-16H2,1-2H3/b12-10+. The molecule has 0 saturated heterocycles. The van der Waals surface area contributed by atoms with Crippen LogP contribution in [-0.2, 0) is 4.74 Å². The zero-order valence-corrected chi connectivity index (χ0v) is 17.3. The molecule has 0 amide bonds. The first-order valence-electron chi connectivity index (χ1n) is 10.4. The Hall–Kier alpha value is -2.95. The predicted molar refractivity (Wildman–Crippen MR) is 123 cm³/mol. The lowest BCUT2D eigenvalue weighted by Crippen LogP contribution is -2.34. The summed E-state index contributed by atoms with van der Waals surface area (Å²) in [6, 6.07) is 19.4. The minimum atomic E-state index is -0.578. The van der Waals surface area contributed by atoms with Crippen molar-refractivity contribution in [2.45, 2.75) is 26.5 Å². The molecule has 1 aliphatic heterocycles. The molecule has 1 heterocycles. The van der Waals surface area contributed by atoms with E-state index in [0.29, 0.717) is 12.1 Å². The van der Waals surface area contributed by atoms with Gasteiger partial charge in [-0.05, 0) is 44.0 Å². The van der Waals surface area contributed by atoms with E-state index in [-0.39, 0.29) is 18.6 Å². The fourth-order valence-corrected chi connectivity index (χ4v) is 4.78. The number of allylic oxidation sites excluding steroid dienone is 1. The molecule has 0 aliphatic carbocycles. The van der Waals surface area contributed by atoms with Crippen molar-refractivity contribution in [1.29, 1.82) is 0 Å². The summed E-state index contributed by atoms with van der Waals surface area (Å²) in [5, 5.41) is 29.3. The molecule has 1 atom stereocenters. The SMILES string of the molecule is CC1(C)CC(/C=C/c2ccc3ccc4cccc5ccc2c3c45)=[N+]([O-])C1OCCO. The lowest BCUT2D eigenvalue weighted by molar-refractivity contribution is -0.564. The Labute approximate surface area is 175 Å². The quantitative estimate of drug-likeness (QED) is 0.281. The average molecular weight is 399 g/mol. The zero-order chi connectivity index (χ0) is 20.9.